The Morgan fingerprint density at radius 1 is 1.08 bits per heavy atom. The van der Waals surface area contributed by atoms with Crippen LogP contribution in [-0.2, 0) is 11.3 Å². The molecule has 3 rings (SSSR count). The summed E-state index contributed by atoms with van der Waals surface area (Å²) in [4.78, 5) is 16.6. The SMILES string of the molecule is Cc1ccc(CNC(=O)CN2CCN(c3ccccc3)CC2)cc1F. The van der Waals surface area contributed by atoms with Crippen LogP contribution in [0.4, 0.5) is 10.1 Å². The number of hydrogen-bond acceptors (Lipinski definition) is 3. The van der Waals surface area contributed by atoms with Gasteiger partial charge in [0, 0.05) is 38.4 Å². The molecule has 1 amide bonds. The zero-order valence-electron chi connectivity index (χ0n) is 14.5. The number of para-hydroxylation sites is 1. The molecule has 0 radical (unpaired) electrons. The molecule has 0 saturated carbocycles. The first-order valence-electron chi connectivity index (χ1n) is 8.66. The number of amides is 1. The van der Waals surface area contributed by atoms with E-state index in [1.54, 1.807) is 13.0 Å². The molecule has 0 aromatic heterocycles. The number of nitrogens with zero attached hydrogens (tertiary/aromatic N) is 2. The number of anilines is 1. The lowest BCUT2D eigenvalue weighted by atomic mass is 10.1. The van der Waals surface area contributed by atoms with Gasteiger partial charge in [0.1, 0.15) is 5.82 Å². The van der Waals surface area contributed by atoms with Gasteiger partial charge >= 0.3 is 0 Å². The van der Waals surface area contributed by atoms with Crippen molar-refractivity contribution in [2.45, 2.75) is 13.5 Å². The van der Waals surface area contributed by atoms with Crippen molar-refractivity contribution in [2.75, 3.05) is 37.6 Å². The number of hydrogen-bond donors (Lipinski definition) is 1. The van der Waals surface area contributed by atoms with Crippen molar-refractivity contribution in [1.82, 2.24) is 10.2 Å². The van der Waals surface area contributed by atoms with Gasteiger partial charge in [0.15, 0.2) is 0 Å². The lowest BCUT2D eigenvalue weighted by Gasteiger charge is -2.35. The molecular weight excluding hydrogens is 317 g/mol. The van der Waals surface area contributed by atoms with Crippen molar-refractivity contribution in [2.24, 2.45) is 0 Å². The molecule has 0 aliphatic carbocycles. The van der Waals surface area contributed by atoms with Gasteiger partial charge in [-0.05, 0) is 36.2 Å². The molecule has 0 bridgehead atoms. The van der Waals surface area contributed by atoms with Gasteiger partial charge in [-0.1, -0.05) is 30.3 Å². The lowest BCUT2D eigenvalue weighted by Crippen LogP contribution is -2.49. The van der Waals surface area contributed by atoms with Gasteiger partial charge in [0.2, 0.25) is 5.91 Å². The van der Waals surface area contributed by atoms with E-state index in [2.05, 4.69) is 27.2 Å². The maximum absolute atomic E-state index is 13.5. The summed E-state index contributed by atoms with van der Waals surface area (Å²) in [6.45, 7) is 6.04. The zero-order chi connectivity index (χ0) is 17.6. The second kappa shape index (κ2) is 8.12. The Hall–Kier alpha value is -2.40. The Labute approximate surface area is 148 Å². The fraction of sp³-hybridized carbons (Fsp3) is 0.350. The van der Waals surface area contributed by atoms with Crippen LogP contribution in [0.25, 0.3) is 0 Å². The number of aryl methyl sites for hydroxylation is 1. The summed E-state index contributed by atoms with van der Waals surface area (Å²) in [6, 6.07) is 15.4. The molecule has 2 aromatic rings. The highest BCUT2D eigenvalue weighted by molar-refractivity contribution is 5.78. The van der Waals surface area contributed by atoms with E-state index >= 15 is 0 Å². The van der Waals surface area contributed by atoms with E-state index in [1.807, 2.05) is 24.3 Å². The van der Waals surface area contributed by atoms with Gasteiger partial charge in [-0.3, -0.25) is 9.69 Å². The van der Waals surface area contributed by atoms with Crippen LogP contribution in [0.5, 0.6) is 0 Å². The number of nitrogens with one attached hydrogen (secondary N) is 1. The predicted octanol–water partition coefficient (Wildman–Crippen LogP) is 2.57. The van der Waals surface area contributed by atoms with Crippen molar-refractivity contribution in [1.29, 1.82) is 0 Å². The number of piperazine rings is 1. The molecule has 2 aromatic carbocycles. The van der Waals surface area contributed by atoms with E-state index in [1.165, 1.54) is 11.8 Å². The molecule has 1 N–H and O–H groups in total. The average Bonchev–Trinajstić information content (AvgIpc) is 2.64. The number of rotatable bonds is 5. The van der Waals surface area contributed by atoms with E-state index in [0.717, 1.165) is 31.7 Å². The van der Waals surface area contributed by atoms with Crippen LogP contribution in [0, 0.1) is 12.7 Å². The van der Waals surface area contributed by atoms with E-state index in [0.29, 0.717) is 18.7 Å². The third kappa shape index (κ3) is 4.79. The molecule has 4 nitrogen and oxygen atoms in total. The largest absolute Gasteiger partial charge is 0.369 e. The minimum atomic E-state index is -0.233. The van der Waals surface area contributed by atoms with E-state index < -0.39 is 0 Å². The molecule has 5 heteroatoms. The van der Waals surface area contributed by atoms with Gasteiger partial charge in [-0.15, -0.1) is 0 Å². The monoisotopic (exact) mass is 341 g/mol. The third-order valence-electron chi connectivity index (χ3n) is 4.59. The van der Waals surface area contributed by atoms with Crippen molar-refractivity contribution in [3.63, 3.8) is 0 Å². The zero-order valence-corrected chi connectivity index (χ0v) is 14.5. The van der Waals surface area contributed by atoms with E-state index in [4.69, 9.17) is 0 Å². The molecule has 1 aliphatic heterocycles. The van der Waals surface area contributed by atoms with Crippen LogP contribution in [0.1, 0.15) is 11.1 Å². The van der Waals surface area contributed by atoms with Crippen LogP contribution >= 0.6 is 0 Å². The Morgan fingerprint density at radius 2 is 1.80 bits per heavy atom. The van der Waals surface area contributed by atoms with Gasteiger partial charge in [0.25, 0.3) is 0 Å². The minimum absolute atomic E-state index is 0.0193. The van der Waals surface area contributed by atoms with Crippen LogP contribution in [0.15, 0.2) is 48.5 Å². The molecule has 1 saturated heterocycles. The highest BCUT2D eigenvalue weighted by Gasteiger charge is 2.18. The number of carbonyl (C=O) groups is 1. The summed E-state index contributed by atoms with van der Waals surface area (Å²) < 4.78 is 13.5. The molecule has 1 aliphatic rings. The van der Waals surface area contributed by atoms with Gasteiger partial charge in [0.05, 0.1) is 6.54 Å². The Balaban J connectivity index is 1.42. The van der Waals surface area contributed by atoms with Gasteiger partial charge < -0.3 is 10.2 Å². The van der Waals surface area contributed by atoms with E-state index in [-0.39, 0.29) is 11.7 Å². The summed E-state index contributed by atoms with van der Waals surface area (Å²) in [5.41, 5.74) is 2.63. The topological polar surface area (TPSA) is 35.6 Å². The van der Waals surface area contributed by atoms with Crippen molar-refractivity contribution < 1.29 is 9.18 Å². The maximum atomic E-state index is 13.5. The lowest BCUT2D eigenvalue weighted by molar-refractivity contribution is -0.122. The molecule has 1 fully saturated rings. The molecular formula is C20H24FN3O. The van der Waals surface area contributed by atoms with Crippen LogP contribution in [0.2, 0.25) is 0 Å². The molecule has 0 unspecified atom stereocenters. The molecule has 0 spiro atoms. The van der Waals surface area contributed by atoms with Gasteiger partial charge in [-0.2, -0.15) is 0 Å². The molecule has 132 valence electrons. The molecule has 0 atom stereocenters. The summed E-state index contributed by atoms with van der Waals surface area (Å²) >= 11 is 0. The van der Waals surface area contributed by atoms with Crippen molar-refractivity contribution >= 4 is 11.6 Å². The average molecular weight is 341 g/mol. The van der Waals surface area contributed by atoms with Crippen molar-refractivity contribution in [3.05, 3.63) is 65.5 Å². The number of halogens is 1. The second-order valence-electron chi connectivity index (χ2n) is 6.46. The Kier molecular flexibility index (Phi) is 5.66. The summed E-state index contributed by atoms with van der Waals surface area (Å²) in [5.74, 6) is -0.252. The summed E-state index contributed by atoms with van der Waals surface area (Å²) in [5, 5.41) is 2.87. The smallest absolute Gasteiger partial charge is 0.234 e. The highest BCUT2D eigenvalue weighted by atomic mass is 19.1. The van der Waals surface area contributed by atoms with Crippen LogP contribution in [-0.4, -0.2) is 43.5 Å². The maximum Gasteiger partial charge on any atom is 0.234 e. The van der Waals surface area contributed by atoms with Crippen LogP contribution < -0.4 is 10.2 Å². The standard InChI is InChI=1S/C20H24FN3O/c1-16-7-8-17(13-19(16)21)14-22-20(25)15-23-9-11-24(12-10-23)18-5-3-2-4-6-18/h2-8,13H,9-12,14-15H2,1H3,(H,22,25). The molecule has 1 heterocycles. The first kappa shape index (κ1) is 17.4. The fourth-order valence-corrected chi connectivity index (χ4v) is 3.01. The quantitative estimate of drug-likeness (QED) is 0.908. The number of carbonyl (C=O) groups excluding carboxylic acids is 1. The Bertz CT molecular complexity index is 712. The summed E-state index contributed by atoms with van der Waals surface area (Å²) in [6.07, 6.45) is 0. The highest BCUT2D eigenvalue weighted by Crippen LogP contribution is 2.15. The first-order chi connectivity index (χ1) is 12.1. The normalized spacial score (nSPS) is 15.2. The van der Waals surface area contributed by atoms with Crippen LogP contribution in [0.3, 0.4) is 0 Å². The predicted molar refractivity (Wildman–Crippen MR) is 98.1 cm³/mol. The van der Waals surface area contributed by atoms with E-state index in [9.17, 15) is 9.18 Å². The van der Waals surface area contributed by atoms with Gasteiger partial charge in [-0.25, -0.2) is 4.39 Å². The molecule has 25 heavy (non-hydrogen) atoms. The van der Waals surface area contributed by atoms with Crippen molar-refractivity contribution in [3.8, 4) is 0 Å². The first-order valence-corrected chi connectivity index (χ1v) is 8.66. The number of benzene rings is 2. The fourth-order valence-electron chi connectivity index (χ4n) is 3.01. The Morgan fingerprint density at radius 3 is 2.48 bits per heavy atom. The minimum Gasteiger partial charge on any atom is -0.369 e. The third-order valence-corrected chi connectivity index (χ3v) is 4.59. The second-order valence-corrected chi connectivity index (χ2v) is 6.46. The summed E-state index contributed by atoms with van der Waals surface area (Å²) in [7, 11) is 0.